The van der Waals surface area contributed by atoms with E-state index in [1.54, 1.807) is 24.3 Å². The molecule has 130 valence electrons. The first-order valence-electron chi connectivity index (χ1n) is 7.57. The summed E-state index contributed by atoms with van der Waals surface area (Å²) < 4.78 is 34.4. The summed E-state index contributed by atoms with van der Waals surface area (Å²) in [5, 5.41) is 0.571. The lowest BCUT2D eigenvalue weighted by Crippen LogP contribution is -2.03. The Morgan fingerprint density at radius 3 is 2.40 bits per heavy atom. The Bertz CT molecular complexity index is 912. The summed E-state index contributed by atoms with van der Waals surface area (Å²) in [6, 6.07) is 9.46. The summed E-state index contributed by atoms with van der Waals surface area (Å²) >= 11 is 0. The molecule has 6 heteroatoms. The number of carbonyl (C=O) groups is 1. The molecule has 3 aromatic rings. The predicted molar refractivity (Wildman–Crippen MR) is 89.9 cm³/mol. The van der Waals surface area contributed by atoms with Crippen LogP contribution in [0.2, 0.25) is 0 Å². The Morgan fingerprint density at radius 2 is 1.80 bits per heavy atom. The van der Waals surface area contributed by atoms with Crippen LogP contribution in [0, 0.1) is 5.82 Å². The Hall–Kier alpha value is -3.02. The SMILES string of the molecule is COC(=O)c1cc(OC)c(OC)c2oc(Cc3ccc(F)cc3)cc12. The first-order valence-corrected chi connectivity index (χ1v) is 7.57. The third kappa shape index (κ3) is 3.15. The van der Waals surface area contributed by atoms with Crippen LogP contribution < -0.4 is 9.47 Å². The molecule has 0 unspecified atom stereocenters. The second-order valence-electron chi connectivity index (χ2n) is 5.41. The zero-order valence-electron chi connectivity index (χ0n) is 14.1. The molecule has 3 rings (SSSR count). The van der Waals surface area contributed by atoms with Crippen molar-refractivity contribution in [3.63, 3.8) is 0 Å². The molecular weight excluding hydrogens is 327 g/mol. The number of rotatable bonds is 5. The van der Waals surface area contributed by atoms with Crippen LogP contribution in [0.3, 0.4) is 0 Å². The minimum Gasteiger partial charge on any atom is -0.493 e. The number of fused-ring (bicyclic) bond motifs is 1. The van der Waals surface area contributed by atoms with E-state index in [9.17, 15) is 9.18 Å². The van der Waals surface area contributed by atoms with Gasteiger partial charge in [0.15, 0.2) is 11.3 Å². The van der Waals surface area contributed by atoms with Crippen molar-refractivity contribution in [3.8, 4) is 11.5 Å². The van der Waals surface area contributed by atoms with Gasteiger partial charge in [0, 0.05) is 11.8 Å². The molecule has 0 N–H and O–H groups in total. The number of esters is 1. The molecule has 5 nitrogen and oxygen atoms in total. The van der Waals surface area contributed by atoms with Gasteiger partial charge in [-0.25, -0.2) is 9.18 Å². The summed E-state index contributed by atoms with van der Waals surface area (Å²) in [5.41, 5.74) is 1.61. The van der Waals surface area contributed by atoms with E-state index in [1.807, 2.05) is 0 Å². The molecule has 0 aliphatic heterocycles. The lowest BCUT2D eigenvalue weighted by Gasteiger charge is -2.10. The van der Waals surface area contributed by atoms with Crippen molar-refractivity contribution in [2.45, 2.75) is 6.42 Å². The standard InChI is InChI=1S/C19H17FO5/c1-22-16-10-15(19(21)24-3)14-9-13(25-17(14)18(16)23-2)8-11-4-6-12(20)7-5-11/h4-7,9-10H,8H2,1-3H3. The smallest absolute Gasteiger partial charge is 0.338 e. The molecule has 0 amide bonds. The van der Waals surface area contributed by atoms with Crippen molar-refractivity contribution in [2.24, 2.45) is 0 Å². The molecule has 25 heavy (non-hydrogen) atoms. The number of benzene rings is 2. The number of furan rings is 1. The van der Waals surface area contributed by atoms with E-state index < -0.39 is 5.97 Å². The van der Waals surface area contributed by atoms with Gasteiger partial charge in [-0.15, -0.1) is 0 Å². The number of halogens is 1. The van der Waals surface area contributed by atoms with Crippen molar-refractivity contribution in [1.29, 1.82) is 0 Å². The highest BCUT2D eigenvalue weighted by molar-refractivity contribution is 6.06. The highest BCUT2D eigenvalue weighted by Gasteiger charge is 2.22. The van der Waals surface area contributed by atoms with Crippen molar-refractivity contribution >= 4 is 16.9 Å². The molecule has 0 spiro atoms. The van der Waals surface area contributed by atoms with Crippen LogP contribution in [0.4, 0.5) is 4.39 Å². The molecule has 0 fully saturated rings. The molecule has 0 saturated carbocycles. The third-order valence-electron chi connectivity index (χ3n) is 3.90. The molecule has 0 atom stereocenters. The number of carbonyl (C=O) groups excluding carboxylic acids is 1. The normalized spacial score (nSPS) is 10.7. The van der Waals surface area contributed by atoms with Crippen LogP contribution >= 0.6 is 0 Å². The molecule has 0 aliphatic rings. The van der Waals surface area contributed by atoms with Gasteiger partial charge in [0.05, 0.1) is 26.9 Å². The first kappa shape index (κ1) is 16.8. The number of hydrogen-bond donors (Lipinski definition) is 0. The monoisotopic (exact) mass is 344 g/mol. The van der Waals surface area contributed by atoms with Gasteiger partial charge in [-0.3, -0.25) is 0 Å². The summed E-state index contributed by atoms with van der Waals surface area (Å²) in [4.78, 5) is 12.1. The van der Waals surface area contributed by atoms with Crippen LogP contribution in [0.5, 0.6) is 11.5 Å². The second-order valence-corrected chi connectivity index (χ2v) is 5.41. The minimum atomic E-state index is -0.500. The van der Waals surface area contributed by atoms with E-state index in [0.717, 1.165) is 5.56 Å². The van der Waals surface area contributed by atoms with E-state index in [1.165, 1.54) is 33.5 Å². The molecule has 0 saturated heterocycles. The predicted octanol–water partition coefficient (Wildman–Crippen LogP) is 3.97. The van der Waals surface area contributed by atoms with Crippen LogP contribution in [0.1, 0.15) is 21.7 Å². The maximum Gasteiger partial charge on any atom is 0.338 e. The molecule has 1 aromatic heterocycles. The average molecular weight is 344 g/mol. The van der Waals surface area contributed by atoms with Crippen LogP contribution in [0.25, 0.3) is 11.0 Å². The van der Waals surface area contributed by atoms with E-state index >= 15 is 0 Å². The van der Waals surface area contributed by atoms with Crippen molar-refractivity contribution < 1.29 is 27.8 Å². The van der Waals surface area contributed by atoms with Gasteiger partial charge in [0.2, 0.25) is 5.75 Å². The number of methoxy groups -OCH3 is 3. The van der Waals surface area contributed by atoms with E-state index in [-0.39, 0.29) is 5.82 Å². The number of hydrogen-bond acceptors (Lipinski definition) is 5. The van der Waals surface area contributed by atoms with Crippen molar-refractivity contribution in [1.82, 2.24) is 0 Å². The molecular formula is C19H17FO5. The highest BCUT2D eigenvalue weighted by Crippen LogP contribution is 2.40. The van der Waals surface area contributed by atoms with Crippen LogP contribution in [-0.4, -0.2) is 27.3 Å². The molecule has 0 bridgehead atoms. The quantitative estimate of drug-likeness (QED) is 0.656. The maximum absolute atomic E-state index is 13.1. The maximum atomic E-state index is 13.1. The largest absolute Gasteiger partial charge is 0.493 e. The van der Waals surface area contributed by atoms with E-state index in [4.69, 9.17) is 18.6 Å². The van der Waals surface area contributed by atoms with Gasteiger partial charge in [0.25, 0.3) is 0 Å². The first-order chi connectivity index (χ1) is 12.1. The zero-order valence-corrected chi connectivity index (χ0v) is 14.1. The van der Waals surface area contributed by atoms with Crippen molar-refractivity contribution in [2.75, 3.05) is 21.3 Å². The van der Waals surface area contributed by atoms with Gasteiger partial charge in [0.1, 0.15) is 11.6 Å². The number of ether oxygens (including phenoxy) is 3. The fraction of sp³-hybridized carbons (Fsp3) is 0.211. The lowest BCUT2D eigenvalue weighted by atomic mass is 10.1. The average Bonchev–Trinajstić information content (AvgIpc) is 3.04. The minimum absolute atomic E-state index is 0.298. The summed E-state index contributed by atoms with van der Waals surface area (Å²) in [7, 11) is 4.29. The third-order valence-corrected chi connectivity index (χ3v) is 3.90. The Balaban J connectivity index is 2.13. The summed E-state index contributed by atoms with van der Waals surface area (Å²) in [6.07, 6.45) is 0.445. The molecule has 0 radical (unpaired) electrons. The fourth-order valence-corrected chi connectivity index (χ4v) is 2.71. The van der Waals surface area contributed by atoms with Crippen LogP contribution in [0.15, 0.2) is 40.8 Å². The second kappa shape index (κ2) is 6.84. The lowest BCUT2D eigenvalue weighted by molar-refractivity contribution is 0.0602. The van der Waals surface area contributed by atoms with Gasteiger partial charge < -0.3 is 18.6 Å². The Kier molecular flexibility index (Phi) is 4.61. The topological polar surface area (TPSA) is 57.9 Å². The highest BCUT2D eigenvalue weighted by atomic mass is 19.1. The van der Waals surface area contributed by atoms with Crippen molar-refractivity contribution in [3.05, 3.63) is 59.1 Å². The molecule has 0 aliphatic carbocycles. The fourth-order valence-electron chi connectivity index (χ4n) is 2.71. The van der Waals surface area contributed by atoms with Gasteiger partial charge in [-0.05, 0) is 29.8 Å². The van der Waals surface area contributed by atoms with Crippen LogP contribution in [-0.2, 0) is 11.2 Å². The zero-order chi connectivity index (χ0) is 18.0. The van der Waals surface area contributed by atoms with Gasteiger partial charge in [-0.1, -0.05) is 12.1 Å². The van der Waals surface area contributed by atoms with E-state index in [2.05, 4.69) is 0 Å². The van der Waals surface area contributed by atoms with Gasteiger partial charge in [-0.2, -0.15) is 0 Å². The summed E-state index contributed by atoms with van der Waals surface area (Å²) in [6.45, 7) is 0. The summed E-state index contributed by atoms with van der Waals surface area (Å²) in [5.74, 6) is 0.583. The van der Waals surface area contributed by atoms with Gasteiger partial charge >= 0.3 is 5.97 Å². The molecule has 2 aromatic carbocycles. The van der Waals surface area contributed by atoms with E-state index in [0.29, 0.717) is 40.2 Å². The molecule has 1 heterocycles. The Labute approximate surface area is 143 Å². The Morgan fingerprint density at radius 1 is 1.08 bits per heavy atom.